The first-order valence-electron chi connectivity index (χ1n) is 35.0. The van der Waals surface area contributed by atoms with E-state index in [4.69, 9.17) is 14.0 Å². The second kappa shape index (κ2) is 41.0. The molecule has 4 aromatic heterocycles. The van der Waals surface area contributed by atoms with Gasteiger partial charge in [-0.1, -0.05) is 196 Å². The number of ether oxygens (including phenoxy) is 1. The Bertz CT molecular complexity index is 4230. The zero-order chi connectivity index (χ0) is 69.9. The molecule has 2 aliphatic carbocycles. The summed E-state index contributed by atoms with van der Waals surface area (Å²) < 4.78 is 19.1. The van der Waals surface area contributed by atoms with Gasteiger partial charge in [-0.2, -0.15) is 0 Å². The fourth-order valence-electron chi connectivity index (χ4n) is 12.6. The molecule has 0 N–H and O–H groups in total. The number of pyridine rings is 4. The fourth-order valence-corrected chi connectivity index (χ4v) is 16.9. The van der Waals surface area contributed by atoms with E-state index < -0.39 is 0 Å². The monoisotopic (exact) mass is 1780 g/mol. The minimum Gasteiger partial charge on any atom is -0.496 e. The minimum absolute atomic E-state index is 0. The van der Waals surface area contributed by atoms with E-state index in [1.165, 1.54) is 92.0 Å². The molecule has 5 heterocycles. The summed E-state index contributed by atoms with van der Waals surface area (Å²) in [5, 5.41) is 1.66. The summed E-state index contributed by atoms with van der Waals surface area (Å²) in [6.07, 6.45) is 18.0. The second-order valence-corrected chi connectivity index (χ2v) is 29.9. The molecule has 0 amide bonds. The number of aromatic nitrogens is 4. The average molecular weight is 1780 g/mol. The zero-order valence-electron chi connectivity index (χ0n) is 59.8. The van der Waals surface area contributed by atoms with Crippen LogP contribution in [0.3, 0.4) is 0 Å². The quantitative estimate of drug-likeness (QED) is 0.0725. The van der Waals surface area contributed by atoms with Gasteiger partial charge in [0.2, 0.25) is 0 Å². The Morgan fingerprint density at radius 2 is 0.902 bits per heavy atom. The van der Waals surface area contributed by atoms with Crippen molar-refractivity contribution in [1.29, 1.82) is 0 Å². The van der Waals surface area contributed by atoms with E-state index >= 15 is 0 Å². The molecule has 12 heteroatoms. The first-order chi connectivity index (χ1) is 48.7. The van der Waals surface area contributed by atoms with Gasteiger partial charge in [0.05, 0.1) is 18.3 Å². The Balaban J connectivity index is 0.000000161. The first-order valence-corrected chi connectivity index (χ1v) is 37.3. The molecule has 12 aromatic rings. The van der Waals surface area contributed by atoms with Crippen molar-refractivity contribution >= 4 is 41.7 Å². The summed E-state index contributed by atoms with van der Waals surface area (Å²) in [5.74, 6) is 1.02. The molecule has 102 heavy (non-hydrogen) atoms. The third-order valence-corrected chi connectivity index (χ3v) is 22.5. The van der Waals surface area contributed by atoms with Crippen molar-refractivity contribution in [2.45, 2.75) is 135 Å². The van der Waals surface area contributed by atoms with Crippen molar-refractivity contribution in [1.82, 2.24) is 19.9 Å². The zero-order valence-corrected chi connectivity index (χ0v) is 67.1. The molecule has 1 aliphatic heterocycles. The predicted molar refractivity (Wildman–Crippen MR) is 422 cm³/mol. The van der Waals surface area contributed by atoms with Crippen LogP contribution in [0.4, 0.5) is 0 Å². The molecule has 3 aliphatic rings. The van der Waals surface area contributed by atoms with Gasteiger partial charge < -0.3 is 34.0 Å². The van der Waals surface area contributed by atoms with E-state index in [0.29, 0.717) is 0 Å². The van der Waals surface area contributed by atoms with Crippen molar-refractivity contribution in [3.05, 3.63) is 319 Å². The van der Waals surface area contributed by atoms with Crippen LogP contribution in [0.5, 0.6) is 5.75 Å². The van der Waals surface area contributed by atoms with Gasteiger partial charge in [-0.15, -0.1) is 142 Å². The molecule has 3 fully saturated rings. The average Bonchev–Trinajstić information content (AvgIpc) is 1.48. The van der Waals surface area contributed by atoms with Crippen molar-refractivity contribution in [3.8, 4) is 73.0 Å². The number of hydrogen-bond acceptors (Lipinski definition) is 7. The van der Waals surface area contributed by atoms with E-state index in [1.54, 1.807) is 17.7 Å². The summed E-state index contributed by atoms with van der Waals surface area (Å²) in [4.78, 5) is 17.5. The number of nitrogens with zero attached hydrogens (tertiary/aromatic N) is 4. The van der Waals surface area contributed by atoms with E-state index in [1.807, 2.05) is 215 Å². The maximum Gasteiger partial charge on any atom is 0.475 e. The van der Waals surface area contributed by atoms with Gasteiger partial charge in [0.25, 0.3) is 0 Å². The van der Waals surface area contributed by atoms with E-state index in [0.717, 1.165) is 83.4 Å². The van der Waals surface area contributed by atoms with Gasteiger partial charge in [-0.3, -0.25) is 0 Å². The van der Waals surface area contributed by atoms with Crippen LogP contribution in [-0.4, -0.2) is 56.7 Å². The number of benzene rings is 8. The van der Waals surface area contributed by atoms with Gasteiger partial charge in [0.1, 0.15) is 5.75 Å². The van der Waals surface area contributed by atoms with E-state index in [9.17, 15) is 0 Å². The minimum atomic E-state index is -0.355. The number of rotatable bonds is 11. The Morgan fingerprint density at radius 1 is 0.441 bits per heavy atom. The largest absolute Gasteiger partial charge is 0.496 e. The van der Waals surface area contributed by atoms with E-state index in [2.05, 4.69) is 161 Å². The normalized spacial score (nSPS) is 14.2. The maximum absolute atomic E-state index is 6.08. The van der Waals surface area contributed by atoms with Crippen LogP contribution in [0.1, 0.15) is 109 Å². The van der Waals surface area contributed by atoms with Gasteiger partial charge >= 0.3 is 7.12 Å². The Hall–Kier alpha value is -7.65. The van der Waals surface area contributed by atoms with Crippen LogP contribution < -0.4 is 15.5 Å². The molecule has 0 bridgehead atoms. The Morgan fingerprint density at radius 3 is 1.38 bits per heavy atom. The molecule has 526 valence electrons. The molecule has 1 saturated heterocycles. The number of hydrogen-bond donors (Lipinski definition) is 0. The molecule has 15 rings (SSSR count). The van der Waals surface area contributed by atoms with Crippen LogP contribution in [0.2, 0.25) is 0 Å². The summed E-state index contributed by atoms with van der Waals surface area (Å²) in [7, 11) is 1.34. The van der Waals surface area contributed by atoms with Crippen molar-refractivity contribution in [3.63, 3.8) is 0 Å². The SMILES string of the molecule is Brc1ccccc1.CC1(C)OB(c2cc[c-]c(-c3ccccn3)c2)OC1(C)C.COc1cccc(C)c1-c1ccccc1P(C1CCCCC1)C1CCCCC1.Cc1cccc(-c2[c-]cccc2)n1.Cc1cccc(-c2[c-]cccc2)n1.[Ir].[Ir].[c-]1ccc(-c2ccccc2)cc1-c1ccccn1. The van der Waals surface area contributed by atoms with Crippen LogP contribution >= 0.6 is 23.9 Å². The summed E-state index contributed by atoms with van der Waals surface area (Å²) in [6.45, 7) is 14.4. The molecule has 0 unspecified atom stereocenters. The van der Waals surface area contributed by atoms with Crippen LogP contribution in [0.25, 0.3) is 67.3 Å². The predicted octanol–water partition coefficient (Wildman–Crippen LogP) is 22.7. The number of halogens is 1. The summed E-state index contributed by atoms with van der Waals surface area (Å²) in [6, 6.07) is 100. The Labute approximate surface area is 645 Å². The third-order valence-electron chi connectivity index (χ3n) is 18.5. The maximum atomic E-state index is 6.08. The van der Waals surface area contributed by atoms with Crippen molar-refractivity contribution < 1.29 is 54.3 Å². The number of aryl methyl sites for hydroxylation is 3. The molecule has 2 saturated carbocycles. The topological polar surface area (TPSA) is 79.2 Å². The molecule has 0 spiro atoms. The third kappa shape index (κ3) is 23.2. The van der Waals surface area contributed by atoms with Crippen molar-refractivity contribution in [2.75, 3.05) is 7.11 Å². The Kier molecular flexibility index (Phi) is 32.2. The van der Waals surface area contributed by atoms with E-state index in [-0.39, 0.29) is 66.5 Å². The van der Waals surface area contributed by atoms with Gasteiger partial charge in [-0.25, -0.2) is 0 Å². The van der Waals surface area contributed by atoms with Gasteiger partial charge in [-0.05, 0) is 173 Å². The smallest absolute Gasteiger partial charge is 0.475 e. The first kappa shape index (κ1) is 80.0. The molecule has 0 atom stereocenters. The van der Waals surface area contributed by atoms with Gasteiger partial charge in [0.15, 0.2) is 0 Å². The molecule has 7 nitrogen and oxygen atoms in total. The fraction of sp³-hybridized carbons (Fsp3) is 0.244. The second-order valence-electron chi connectivity index (χ2n) is 26.2. The van der Waals surface area contributed by atoms with Crippen molar-refractivity contribution in [2.24, 2.45) is 0 Å². The summed E-state index contributed by atoms with van der Waals surface area (Å²) >= 11 is 3.31. The molecule has 8 aromatic carbocycles. The van der Waals surface area contributed by atoms with Crippen LogP contribution in [0.15, 0.2) is 278 Å². The number of methoxy groups -OCH3 is 1. The molecular weight excluding hydrogens is 1690 g/mol. The summed E-state index contributed by atoms with van der Waals surface area (Å²) in [5.41, 5.74) is 18.6. The van der Waals surface area contributed by atoms with Gasteiger partial charge in [0, 0.05) is 74.0 Å². The molecular formula is C90H91BBrIr2N4O3P-4. The van der Waals surface area contributed by atoms with Crippen LogP contribution in [-0.2, 0) is 49.5 Å². The molecule has 2 radical (unpaired) electrons. The van der Waals surface area contributed by atoms with Crippen LogP contribution in [0, 0.1) is 45.0 Å². The standard InChI is InChI=1S/C26H35OP.C17H19BNO2.C17H12N.2C12H10N.C6H5Br.2Ir/c1-20-12-11-18-24(27-2)26(20)23-17-9-10-19-25(23)28(21-13-5-3-6-14-21)22-15-7-4-8-16-22;1-16(2)17(3,4)21-18(20-16)14-9-7-8-13(12-14)15-10-5-6-11-19-15;1-2-7-14(8-3-1)15-9-6-10-16(13-15)17-11-4-5-12-18-17;2*1-10-6-5-9-12(13-10)11-7-3-2-4-8-11;7-6-4-2-1-3-5-6;;/h9-12,17-19,21-22H,3-8,13-16H2,1-2H3;5-7,9-12H,1-4H3;1-9,11-13H;2*2-7,9H,1H3;1-5H;;/q;4*-1;;;.